The minimum absolute atomic E-state index is 0.0574. The third-order valence-corrected chi connectivity index (χ3v) is 7.71. The Kier molecular flexibility index (Phi) is 9.14. The fraction of sp³-hybridized carbons (Fsp3) is 0.273. The maximum atomic E-state index is 14.6. The summed E-state index contributed by atoms with van der Waals surface area (Å²) >= 11 is 0. The molecule has 1 aliphatic heterocycles. The summed E-state index contributed by atoms with van der Waals surface area (Å²) in [5.74, 6) is 0.632. The van der Waals surface area contributed by atoms with Crippen LogP contribution < -0.4 is 14.4 Å². The first kappa shape index (κ1) is 29.5. The molecule has 2 amide bonds. The van der Waals surface area contributed by atoms with Gasteiger partial charge in [-0.25, -0.2) is 4.39 Å². The average Bonchev–Trinajstić information content (AvgIpc) is 3.07. The van der Waals surface area contributed by atoms with E-state index in [2.05, 4.69) is 15.1 Å². The number of amides is 2. The lowest BCUT2D eigenvalue weighted by Crippen LogP contribution is -2.52. The number of halogens is 1. The van der Waals surface area contributed by atoms with Gasteiger partial charge in [-0.2, -0.15) is 0 Å². The Balaban J connectivity index is 1.25. The first-order chi connectivity index (χ1) is 20.9. The Morgan fingerprint density at radius 1 is 0.860 bits per heavy atom. The van der Waals surface area contributed by atoms with E-state index in [1.165, 1.54) is 23.1 Å². The van der Waals surface area contributed by atoms with Crippen molar-refractivity contribution in [2.24, 2.45) is 0 Å². The van der Waals surface area contributed by atoms with Crippen LogP contribution in [0, 0.1) is 5.82 Å². The molecule has 0 spiro atoms. The van der Waals surface area contributed by atoms with Gasteiger partial charge in [0.15, 0.2) is 17.3 Å². The predicted octanol–water partition coefficient (Wildman–Crippen LogP) is 4.85. The SMILES string of the molecule is COc1ccc(-c2ccc(N3CCN(C(=O)CN(C(=O)c4ccccc4F)[C@@H](C)c4ccccc4)CC3)nn2)cc1OC. The van der Waals surface area contributed by atoms with E-state index in [-0.39, 0.29) is 18.0 Å². The van der Waals surface area contributed by atoms with Gasteiger partial charge in [0, 0.05) is 31.7 Å². The molecule has 0 bridgehead atoms. The lowest BCUT2D eigenvalue weighted by atomic mass is 10.0. The van der Waals surface area contributed by atoms with E-state index in [0.29, 0.717) is 49.2 Å². The molecule has 10 heteroatoms. The molecule has 43 heavy (non-hydrogen) atoms. The Hall–Kier alpha value is -4.99. The van der Waals surface area contributed by atoms with Crippen molar-refractivity contribution in [3.8, 4) is 22.8 Å². The molecule has 4 aromatic rings. The summed E-state index contributed by atoms with van der Waals surface area (Å²) in [4.78, 5) is 32.2. The van der Waals surface area contributed by atoms with Gasteiger partial charge in [-0.05, 0) is 55.0 Å². The quantitative estimate of drug-likeness (QED) is 0.278. The molecule has 5 rings (SSSR count). The summed E-state index contributed by atoms with van der Waals surface area (Å²) in [7, 11) is 3.18. The predicted molar refractivity (Wildman–Crippen MR) is 162 cm³/mol. The van der Waals surface area contributed by atoms with Gasteiger partial charge < -0.3 is 24.2 Å². The molecule has 3 aromatic carbocycles. The highest BCUT2D eigenvalue weighted by Gasteiger charge is 2.30. The fourth-order valence-corrected chi connectivity index (χ4v) is 5.16. The summed E-state index contributed by atoms with van der Waals surface area (Å²) in [6.45, 7) is 3.72. The number of carbonyl (C=O) groups excluding carboxylic acids is 2. The highest BCUT2D eigenvalue weighted by molar-refractivity contribution is 5.97. The second-order valence-electron chi connectivity index (χ2n) is 10.2. The molecule has 0 N–H and O–H groups in total. The molecule has 222 valence electrons. The smallest absolute Gasteiger partial charge is 0.257 e. The number of methoxy groups -OCH3 is 2. The van der Waals surface area contributed by atoms with Crippen LogP contribution in [0.15, 0.2) is 84.9 Å². The summed E-state index contributed by atoms with van der Waals surface area (Å²) < 4.78 is 25.3. The first-order valence-corrected chi connectivity index (χ1v) is 14.1. The van der Waals surface area contributed by atoms with Crippen LogP contribution >= 0.6 is 0 Å². The normalized spacial score (nSPS) is 13.8. The molecule has 1 fully saturated rings. The first-order valence-electron chi connectivity index (χ1n) is 14.1. The summed E-state index contributed by atoms with van der Waals surface area (Å²) in [6.07, 6.45) is 0. The number of benzene rings is 3. The maximum absolute atomic E-state index is 14.6. The monoisotopic (exact) mass is 583 g/mol. The molecule has 1 aromatic heterocycles. The van der Waals surface area contributed by atoms with E-state index < -0.39 is 17.8 Å². The van der Waals surface area contributed by atoms with Crippen LogP contribution in [0.3, 0.4) is 0 Å². The number of rotatable bonds is 9. The van der Waals surface area contributed by atoms with Gasteiger partial charge in [0.2, 0.25) is 5.91 Å². The lowest BCUT2D eigenvalue weighted by molar-refractivity contribution is -0.132. The van der Waals surface area contributed by atoms with Gasteiger partial charge in [0.25, 0.3) is 5.91 Å². The third-order valence-electron chi connectivity index (χ3n) is 7.71. The number of hydrogen-bond donors (Lipinski definition) is 0. The third kappa shape index (κ3) is 6.58. The number of carbonyl (C=O) groups is 2. The Labute approximate surface area is 250 Å². The minimum atomic E-state index is -0.614. The number of nitrogens with zero attached hydrogens (tertiary/aromatic N) is 5. The highest BCUT2D eigenvalue weighted by Crippen LogP contribution is 2.32. The number of hydrogen-bond acceptors (Lipinski definition) is 7. The Morgan fingerprint density at radius 3 is 2.21 bits per heavy atom. The molecule has 1 saturated heterocycles. The molecule has 0 saturated carbocycles. The number of ether oxygens (including phenoxy) is 2. The zero-order valence-corrected chi connectivity index (χ0v) is 24.4. The zero-order valence-electron chi connectivity index (χ0n) is 24.4. The molecule has 0 unspecified atom stereocenters. The van der Waals surface area contributed by atoms with Gasteiger partial charge in [0.05, 0.1) is 31.5 Å². The van der Waals surface area contributed by atoms with E-state index in [0.717, 1.165) is 11.1 Å². The van der Waals surface area contributed by atoms with E-state index in [1.54, 1.807) is 25.2 Å². The van der Waals surface area contributed by atoms with E-state index in [4.69, 9.17) is 9.47 Å². The highest BCUT2D eigenvalue weighted by atomic mass is 19.1. The zero-order chi connectivity index (χ0) is 30.3. The van der Waals surface area contributed by atoms with Crippen molar-refractivity contribution in [1.82, 2.24) is 20.0 Å². The van der Waals surface area contributed by atoms with Crippen LogP contribution in [0.2, 0.25) is 0 Å². The lowest BCUT2D eigenvalue weighted by Gasteiger charge is -2.37. The van der Waals surface area contributed by atoms with Gasteiger partial charge in [0.1, 0.15) is 12.4 Å². The molecular formula is C33H34FN5O4. The van der Waals surface area contributed by atoms with Crippen molar-refractivity contribution in [2.75, 3.05) is 51.8 Å². The Bertz CT molecular complexity index is 1560. The standard InChI is InChI=1S/C33H34FN5O4/c1-23(24-9-5-4-6-10-24)39(33(41)26-11-7-8-12-27(26)34)22-32(40)38-19-17-37(18-20-38)31-16-14-28(35-36-31)25-13-15-29(42-2)30(21-25)43-3/h4-16,21,23H,17-20,22H2,1-3H3/t23-/m0/s1. The van der Waals surface area contributed by atoms with Crippen molar-refractivity contribution < 1.29 is 23.5 Å². The maximum Gasteiger partial charge on any atom is 0.257 e. The van der Waals surface area contributed by atoms with Crippen LogP contribution in [-0.2, 0) is 4.79 Å². The van der Waals surface area contributed by atoms with E-state index >= 15 is 0 Å². The van der Waals surface area contributed by atoms with Crippen LogP contribution in [0.25, 0.3) is 11.3 Å². The van der Waals surface area contributed by atoms with Crippen LogP contribution in [0.4, 0.5) is 10.2 Å². The van der Waals surface area contributed by atoms with Crippen molar-refractivity contribution in [3.63, 3.8) is 0 Å². The topological polar surface area (TPSA) is 88.1 Å². The van der Waals surface area contributed by atoms with Crippen LogP contribution in [-0.4, -0.2) is 78.8 Å². The van der Waals surface area contributed by atoms with Crippen molar-refractivity contribution in [2.45, 2.75) is 13.0 Å². The fourth-order valence-electron chi connectivity index (χ4n) is 5.16. The number of piperazine rings is 1. The molecule has 1 aliphatic rings. The summed E-state index contributed by atoms with van der Waals surface area (Å²) in [5.41, 5.74) is 2.36. The number of anilines is 1. The van der Waals surface area contributed by atoms with Gasteiger partial charge in [-0.3, -0.25) is 9.59 Å². The van der Waals surface area contributed by atoms with Crippen molar-refractivity contribution in [3.05, 3.63) is 102 Å². The molecule has 0 aliphatic carbocycles. The van der Waals surface area contributed by atoms with Crippen LogP contribution in [0.1, 0.15) is 28.9 Å². The largest absolute Gasteiger partial charge is 0.493 e. The van der Waals surface area contributed by atoms with Gasteiger partial charge in [-0.1, -0.05) is 42.5 Å². The summed E-state index contributed by atoms with van der Waals surface area (Å²) in [5, 5.41) is 8.84. The molecule has 2 heterocycles. The number of aromatic nitrogens is 2. The van der Waals surface area contributed by atoms with E-state index in [1.807, 2.05) is 67.6 Å². The van der Waals surface area contributed by atoms with E-state index in [9.17, 15) is 14.0 Å². The van der Waals surface area contributed by atoms with Gasteiger partial charge >= 0.3 is 0 Å². The Morgan fingerprint density at radius 2 is 1.56 bits per heavy atom. The van der Waals surface area contributed by atoms with Crippen molar-refractivity contribution in [1.29, 1.82) is 0 Å². The molecule has 0 radical (unpaired) electrons. The average molecular weight is 584 g/mol. The van der Waals surface area contributed by atoms with Crippen LogP contribution in [0.5, 0.6) is 11.5 Å². The second kappa shape index (κ2) is 13.3. The summed E-state index contributed by atoms with van der Waals surface area (Å²) in [6, 6.07) is 24.2. The van der Waals surface area contributed by atoms with Gasteiger partial charge in [-0.15, -0.1) is 10.2 Å². The molecular weight excluding hydrogens is 549 g/mol. The second-order valence-corrected chi connectivity index (χ2v) is 10.2. The van der Waals surface area contributed by atoms with Crippen molar-refractivity contribution >= 4 is 17.6 Å². The molecule has 1 atom stereocenters. The minimum Gasteiger partial charge on any atom is -0.493 e. The molecule has 9 nitrogen and oxygen atoms in total.